The van der Waals surface area contributed by atoms with Gasteiger partial charge in [0.2, 0.25) is 0 Å². The van der Waals surface area contributed by atoms with Crippen LogP contribution in [0.3, 0.4) is 0 Å². The lowest BCUT2D eigenvalue weighted by Crippen LogP contribution is -2.27. The molecule has 0 radical (unpaired) electrons. The van der Waals surface area contributed by atoms with E-state index in [0.717, 1.165) is 51.0 Å². The van der Waals surface area contributed by atoms with E-state index < -0.39 is 0 Å². The summed E-state index contributed by atoms with van der Waals surface area (Å²) in [4.78, 5) is 6.95. The van der Waals surface area contributed by atoms with E-state index in [1.54, 1.807) is 0 Å². The summed E-state index contributed by atoms with van der Waals surface area (Å²) in [6, 6.07) is 0.331. The highest BCUT2D eigenvalue weighted by Gasteiger charge is 2.45. The van der Waals surface area contributed by atoms with Crippen LogP contribution < -0.4 is 5.32 Å². The average molecular weight is 366 g/mol. The van der Waals surface area contributed by atoms with Gasteiger partial charge >= 0.3 is 0 Å². The first kappa shape index (κ1) is 21.4. The van der Waals surface area contributed by atoms with Gasteiger partial charge < -0.3 is 20.4 Å². The molecule has 0 spiro atoms. The van der Waals surface area contributed by atoms with Gasteiger partial charge in [-0.3, -0.25) is 4.99 Å². The van der Waals surface area contributed by atoms with Crippen LogP contribution in [0, 0.1) is 11.8 Å². The van der Waals surface area contributed by atoms with Crippen molar-refractivity contribution in [2.45, 2.75) is 76.5 Å². The zero-order valence-electron chi connectivity index (χ0n) is 16.9. The summed E-state index contributed by atoms with van der Waals surface area (Å²) in [6.45, 7) is 4.17. The predicted molar refractivity (Wildman–Crippen MR) is 109 cm³/mol. The molecule has 26 heavy (non-hydrogen) atoms. The Labute approximate surface area is 159 Å². The first-order chi connectivity index (χ1) is 12.5. The van der Waals surface area contributed by atoms with E-state index in [-0.39, 0.29) is 18.1 Å². The van der Waals surface area contributed by atoms with Gasteiger partial charge in [0.15, 0.2) is 0 Å². The highest BCUT2D eigenvalue weighted by Crippen LogP contribution is 2.39. The summed E-state index contributed by atoms with van der Waals surface area (Å²) in [5.74, 6) is 1.65. The summed E-state index contributed by atoms with van der Waals surface area (Å²) in [5, 5.41) is 24.0. The normalized spacial score (nSPS) is 31.1. The monoisotopic (exact) mass is 365 g/mol. The quantitative estimate of drug-likeness (QED) is 0.389. The van der Waals surface area contributed by atoms with Crippen LogP contribution >= 0.6 is 0 Å². The molecule has 2 rings (SSSR count). The number of aliphatic imine (C=N–C) groups is 1. The molecule has 0 aromatic heterocycles. The van der Waals surface area contributed by atoms with Gasteiger partial charge in [0.1, 0.15) is 0 Å². The number of nitrogens with zero attached hydrogens (tertiary/aromatic N) is 2. The minimum Gasteiger partial charge on any atom is -0.392 e. The number of aliphatic hydroxyl groups excluding tert-OH is 2. The Morgan fingerprint density at radius 3 is 2.81 bits per heavy atom. The van der Waals surface area contributed by atoms with Crippen LogP contribution in [0.1, 0.15) is 58.3 Å². The highest BCUT2D eigenvalue weighted by atomic mass is 16.3. The van der Waals surface area contributed by atoms with Crippen molar-refractivity contribution in [1.82, 2.24) is 10.2 Å². The molecule has 1 aliphatic carbocycles. The van der Waals surface area contributed by atoms with Gasteiger partial charge in [-0.15, -0.1) is 0 Å². The maximum absolute atomic E-state index is 10.4. The minimum atomic E-state index is -0.382. The fourth-order valence-corrected chi connectivity index (χ4v) is 4.18. The molecule has 2 aliphatic rings. The van der Waals surface area contributed by atoms with Gasteiger partial charge in [-0.05, 0) is 52.2 Å². The van der Waals surface area contributed by atoms with Gasteiger partial charge in [-0.25, -0.2) is 0 Å². The Bertz CT molecular complexity index is 464. The lowest BCUT2D eigenvalue weighted by Gasteiger charge is -2.16. The number of amidine groups is 1. The van der Waals surface area contributed by atoms with Crippen LogP contribution in [-0.2, 0) is 0 Å². The third-order valence-corrected chi connectivity index (χ3v) is 5.71. The van der Waals surface area contributed by atoms with Crippen LogP contribution in [0.2, 0.25) is 0 Å². The van der Waals surface area contributed by atoms with E-state index in [1.807, 2.05) is 6.08 Å². The maximum Gasteiger partial charge on any atom is 0.0969 e. The Morgan fingerprint density at radius 2 is 2.08 bits per heavy atom. The Hall–Kier alpha value is -0.910. The number of unbranched alkanes of at least 4 members (excludes halogenated alkanes) is 3. The molecule has 0 aromatic rings. The molecule has 5 heteroatoms. The summed E-state index contributed by atoms with van der Waals surface area (Å²) in [6.07, 6.45) is 11.5. The van der Waals surface area contributed by atoms with E-state index in [1.165, 1.54) is 19.3 Å². The number of hydrogen-bond acceptors (Lipinski definition) is 4. The van der Waals surface area contributed by atoms with Crippen molar-refractivity contribution in [1.29, 1.82) is 0 Å². The SMILES string of the molecule is CCCCCC(O)C=CC1C(O)CC2NC(=NCCCCN(C)C)CC21. The van der Waals surface area contributed by atoms with Crippen LogP contribution in [0.4, 0.5) is 0 Å². The van der Waals surface area contributed by atoms with Crippen LogP contribution in [0.15, 0.2) is 17.1 Å². The van der Waals surface area contributed by atoms with Crippen LogP contribution in [0.5, 0.6) is 0 Å². The molecular formula is C21H39N3O2. The van der Waals surface area contributed by atoms with E-state index >= 15 is 0 Å². The number of hydrogen-bond donors (Lipinski definition) is 3. The standard InChI is InChI=1S/C21H39N3O2/c1-4-5-6-9-16(25)10-11-17-18-14-21(23-19(18)15-20(17)26)22-12-7-8-13-24(2)3/h10-11,16-20,25-26H,4-9,12-15H2,1-3H3,(H,22,23). The maximum atomic E-state index is 10.4. The minimum absolute atomic E-state index is 0.134. The fraction of sp³-hybridized carbons (Fsp3) is 0.857. The van der Waals surface area contributed by atoms with Crippen molar-refractivity contribution in [2.75, 3.05) is 27.2 Å². The predicted octanol–water partition coefficient (Wildman–Crippen LogP) is 2.58. The smallest absolute Gasteiger partial charge is 0.0969 e. The van der Waals surface area contributed by atoms with Gasteiger partial charge in [0.05, 0.1) is 18.0 Å². The molecule has 1 heterocycles. The molecule has 5 nitrogen and oxygen atoms in total. The van der Waals surface area contributed by atoms with Gasteiger partial charge in [0, 0.05) is 24.9 Å². The van der Waals surface area contributed by atoms with Gasteiger partial charge in [-0.2, -0.15) is 0 Å². The molecule has 3 N–H and O–H groups in total. The third-order valence-electron chi connectivity index (χ3n) is 5.71. The van der Waals surface area contributed by atoms with Gasteiger partial charge in [-0.1, -0.05) is 38.3 Å². The molecule has 5 atom stereocenters. The third kappa shape index (κ3) is 6.67. The zero-order valence-corrected chi connectivity index (χ0v) is 16.9. The molecule has 0 amide bonds. The molecular weight excluding hydrogens is 326 g/mol. The molecule has 1 aliphatic heterocycles. The number of nitrogens with one attached hydrogen (secondary N) is 1. The van der Waals surface area contributed by atoms with E-state index in [2.05, 4.69) is 37.3 Å². The lowest BCUT2D eigenvalue weighted by atomic mass is 9.91. The second-order valence-electron chi connectivity index (χ2n) is 8.29. The topological polar surface area (TPSA) is 68.1 Å². The second kappa shape index (κ2) is 11.1. The fourth-order valence-electron chi connectivity index (χ4n) is 4.18. The largest absolute Gasteiger partial charge is 0.392 e. The van der Waals surface area contributed by atoms with Gasteiger partial charge in [0.25, 0.3) is 0 Å². The lowest BCUT2D eigenvalue weighted by molar-refractivity contribution is 0.140. The van der Waals surface area contributed by atoms with E-state index in [0.29, 0.717) is 12.0 Å². The summed E-state index contributed by atoms with van der Waals surface area (Å²) in [7, 11) is 4.21. The summed E-state index contributed by atoms with van der Waals surface area (Å²) >= 11 is 0. The molecule has 2 fully saturated rings. The van der Waals surface area contributed by atoms with Crippen LogP contribution in [0.25, 0.3) is 0 Å². The Kier molecular flexibility index (Phi) is 9.09. The molecule has 0 aromatic carbocycles. The molecule has 1 saturated heterocycles. The van der Waals surface area contributed by atoms with Crippen molar-refractivity contribution in [3.63, 3.8) is 0 Å². The number of rotatable bonds is 11. The van der Waals surface area contributed by atoms with Crippen molar-refractivity contribution in [3.8, 4) is 0 Å². The molecule has 0 bridgehead atoms. The Morgan fingerprint density at radius 1 is 1.27 bits per heavy atom. The van der Waals surface area contributed by atoms with Crippen molar-refractivity contribution >= 4 is 5.84 Å². The second-order valence-corrected chi connectivity index (χ2v) is 8.29. The first-order valence-electron chi connectivity index (χ1n) is 10.5. The molecule has 150 valence electrons. The first-order valence-corrected chi connectivity index (χ1v) is 10.5. The summed E-state index contributed by atoms with van der Waals surface area (Å²) in [5.41, 5.74) is 0. The van der Waals surface area contributed by atoms with Crippen molar-refractivity contribution in [3.05, 3.63) is 12.2 Å². The average Bonchev–Trinajstić information content (AvgIpc) is 3.09. The van der Waals surface area contributed by atoms with E-state index in [9.17, 15) is 10.2 Å². The molecule has 5 unspecified atom stereocenters. The summed E-state index contributed by atoms with van der Waals surface area (Å²) < 4.78 is 0. The van der Waals surface area contributed by atoms with Crippen molar-refractivity contribution in [2.24, 2.45) is 16.8 Å². The number of aliphatic hydroxyl groups is 2. The van der Waals surface area contributed by atoms with Crippen LogP contribution in [-0.4, -0.2) is 66.4 Å². The van der Waals surface area contributed by atoms with Crippen molar-refractivity contribution < 1.29 is 10.2 Å². The zero-order chi connectivity index (χ0) is 18.9. The Balaban J connectivity index is 1.78. The van der Waals surface area contributed by atoms with E-state index in [4.69, 9.17) is 4.99 Å². The number of fused-ring (bicyclic) bond motifs is 1. The molecule has 1 saturated carbocycles. The highest BCUT2D eigenvalue weighted by molar-refractivity contribution is 5.85.